The number of carbonyl (C=O) groups excluding carboxylic acids is 1. The number of ether oxygens (including phenoxy) is 1. The standard InChI is InChI=1S/C19H21FN2O2/c20-14-6-4-7-15(11-14)24-18-10-2-1-9-17(18)22-19(23)16-8-3-5-13(16)12-21/h1-2,4,6-7,9-11,13,16H,3,5,8,12,21H2,(H,22,23)/t13-,16-/m1/s1. The molecular weight excluding hydrogens is 307 g/mol. The molecule has 3 N–H and O–H groups in total. The van der Waals surface area contributed by atoms with Crippen molar-refractivity contribution >= 4 is 11.6 Å². The molecule has 4 nitrogen and oxygen atoms in total. The Hall–Kier alpha value is -2.40. The molecule has 1 aliphatic rings. The van der Waals surface area contributed by atoms with Crippen molar-refractivity contribution in [3.05, 3.63) is 54.3 Å². The van der Waals surface area contributed by atoms with Gasteiger partial charge < -0.3 is 15.8 Å². The molecule has 1 fully saturated rings. The van der Waals surface area contributed by atoms with Crippen LogP contribution in [0.3, 0.4) is 0 Å². The van der Waals surface area contributed by atoms with E-state index >= 15 is 0 Å². The largest absolute Gasteiger partial charge is 0.455 e. The maximum atomic E-state index is 13.3. The average molecular weight is 328 g/mol. The van der Waals surface area contributed by atoms with Crippen molar-refractivity contribution in [3.63, 3.8) is 0 Å². The first-order valence-corrected chi connectivity index (χ1v) is 8.21. The van der Waals surface area contributed by atoms with E-state index < -0.39 is 0 Å². The number of carbonyl (C=O) groups is 1. The van der Waals surface area contributed by atoms with Crippen molar-refractivity contribution in [3.8, 4) is 11.5 Å². The minimum atomic E-state index is -0.370. The van der Waals surface area contributed by atoms with Gasteiger partial charge in [-0.1, -0.05) is 24.6 Å². The molecule has 2 aromatic carbocycles. The summed E-state index contributed by atoms with van der Waals surface area (Å²) in [4.78, 5) is 12.6. The third kappa shape index (κ3) is 3.74. The molecule has 0 aliphatic heterocycles. The van der Waals surface area contributed by atoms with Crippen molar-refractivity contribution in [2.45, 2.75) is 19.3 Å². The summed E-state index contributed by atoms with van der Waals surface area (Å²) in [7, 11) is 0. The molecule has 0 saturated heterocycles. The molecule has 1 aliphatic carbocycles. The minimum Gasteiger partial charge on any atom is -0.455 e. The van der Waals surface area contributed by atoms with E-state index in [1.54, 1.807) is 24.3 Å². The molecular formula is C19H21FN2O2. The van der Waals surface area contributed by atoms with E-state index in [0.29, 0.717) is 23.7 Å². The van der Waals surface area contributed by atoms with Gasteiger partial charge in [-0.05, 0) is 49.6 Å². The summed E-state index contributed by atoms with van der Waals surface area (Å²) in [5.74, 6) is 0.652. The van der Waals surface area contributed by atoms with Crippen LogP contribution in [0.2, 0.25) is 0 Å². The Morgan fingerprint density at radius 3 is 2.83 bits per heavy atom. The van der Waals surface area contributed by atoms with E-state index in [2.05, 4.69) is 5.32 Å². The van der Waals surface area contributed by atoms with Gasteiger partial charge in [0, 0.05) is 12.0 Å². The summed E-state index contributed by atoms with van der Waals surface area (Å²) >= 11 is 0. The lowest BCUT2D eigenvalue weighted by Gasteiger charge is -2.18. The van der Waals surface area contributed by atoms with Crippen molar-refractivity contribution < 1.29 is 13.9 Å². The Bertz CT molecular complexity index is 720. The van der Waals surface area contributed by atoms with Crippen molar-refractivity contribution in [1.29, 1.82) is 0 Å². The number of rotatable bonds is 5. The van der Waals surface area contributed by atoms with Crippen LogP contribution in [0.25, 0.3) is 0 Å². The number of nitrogens with one attached hydrogen (secondary N) is 1. The second kappa shape index (κ2) is 7.45. The molecule has 0 spiro atoms. The monoisotopic (exact) mass is 328 g/mol. The van der Waals surface area contributed by atoms with Crippen molar-refractivity contribution in [2.24, 2.45) is 17.6 Å². The molecule has 126 valence electrons. The number of anilines is 1. The SMILES string of the molecule is NC[C@H]1CCC[C@H]1C(=O)Nc1ccccc1Oc1cccc(F)c1. The number of halogens is 1. The lowest BCUT2D eigenvalue weighted by atomic mass is 9.95. The molecule has 0 aromatic heterocycles. The van der Waals surface area contributed by atoms with Crippen LogP contribution in [0.4, 0.5) is 10.1 Å². The van der Waals surface area contributed by atoms with Gasteiger partial charge >= 0.3 is 0 Å². The summed E-state index contributed by atoms with van der Waals surface area (Å²) in [6.45, 7) is 0.527. The van der Waals surface area contributed by atoms with E-state index in [1.807, 2.05) is 12.1 Å². The Kier molecular flexibility index (Phi) is 5.11. The van der Waals surface area contributed by atoms with Crippen molar-refractivity contribution in [2.75, 3.05) is 11.9 Å². The second-order valence-electron chi connectivity index (χ2n) is 6.08. The lowest BCUT2D eigenvalue weighted by Crippen LogP contribution is -2.29. The Morgan fingerprint density at radius 1 is 1.21 bits per heavy atom. The van der Waals surface area contributed by atoms with Gasteiger partial charge in [-0.3, -0.25) is 4.79 Å². The van der Waals surface area contributed by atoms with Crippen LogP contribution in [0.15, 0.2) is 48.5 Å². The predicted octanol–water partition coefficient (Wildman–Crippen LogP) is 3.93. The highest BCUT2D eigenvalue weighted by Gasteiger charge is 2.32. The zero-order valence-corrected chi connectivity index (χ0v) is 13.4. The zero-order valence-electron chi connectivity index (χ0n) is 13.4. The average Bonchev–Trinajstić information content (AvgIpc) is 3.05. The predicted molar refractivity (Wildman–Crippen MR) is 91.4 cm³/mol. The number of amides is 1. The van der Waals surface area contributed by atoms with Gasteiger partial charge in [0.15, 0.2) is 5.75 Å². The maximum Gasteiger partial charge on any atom is 0.227 e. The first kappa shape index (κ1) is 16.5. The molecule has 0 unspecified atom stereocenters. The van der Waals surface area contributed by atoms with Crippen LogP contribution < -0.4 is 15.8 Å². The normalized spacial score (nSPS) is 19.9. The van der Waals surface area contributed by atoms with Crippen LogP contribution in [0.1, 0.15) is 19.3 Å². The van der Waals surface area contributed by atoms with Crippen LogP contribution in [0.5, 0.6) is 11.5 Å². The van der Waals surface area contributed by atoms with Crippen LogP contribution >= 0.6 is 0 Å². The number of hydrogen-bond donors (Lipinski definition) is 2. The number of nitrogens with two attached hydrogens (primary N) is 1. The Labute approximate surface area is 140 Å². The van der Waals surface area contributed by atoms with Crippen LogP contribution in [-0.2, 0) is 4.79 Å². The summed E-state index contributed by atoms with van der Waals surface area (Å²) in [5.41, 5.74) is 6.34. The van der Waals surface area contributed by atoms with Gasteiger partial charge in [-0.15, -0.1) is 0 Å². The number of hydrogen-bond acceptors (Lipinski definition) is 3. The third-order valence-electron chi connectivity index (χ3n) is 4.47. The minimum absolute atomic E-state index is 0.0294. The highest BCUT2D eigenvalue weighted by Crippen LogP contribution is 2.34. The highest BCUT2D eigenvalue weighted by atomic mass is 19.1. The van der Waals surface area contributed by atoms with E-state index in [0.717, 1.165) is 19.3 Å². The fraction of sp³-hybridized carbons (Fsp3) is 0.316. The van der Waals surface area contributed by atoms with Gasteiger partial charge in [0.2, 0.25) is 5.91 Å². The smallest absolute Gasteiger partial charge is 0.227 e. The Balaban J connectivity index is 1.75. The molecule has 5 heteroatoms. The topological polar surface area (TPSA) is 64.4 Å². The van der Waals surface area contributed by atoms with Crippen LogP contribution in [-0.4, -0.2) is 12.5 Å². The molecule has 24 heavy (non-hydrogen) atoms. The number of benzene rings is 2. The molecule has 1 saturated carbocycles. The van der Waals surface area contributed by atoms with E-state index in [4.69, 9.17) is 10.5 Å². The molecule has 1 amide bonds. The molecule has 0 radical (unpaired) electrons. The molecule has 3 rings (SSSR count). The molecule has 2 atom stereocenters. The summed E-state index contributed by atoms with van der Waals surface area (Å²) < 4.78 is 19.0. The first-order valence-electron chi connectivity index (χ1n) is 8.21. The first-order chi connectivity index (χ1) is 11.7. The number of para-hydroxylation sites is 2. The molecule has 0 bridgehead atoms. The van der Waals surface area contributed by atoms with Crippen molar-refractivity contribution in [1.82, 2.24) is 0 Å². The van der Waals surface area contributed by atoms with Gasteiger partial charge in [-0.25, -0.2) is 4.39 Å². The lowest BCUT2D eigenvalue weighted by molar-refractivity contribution is -0.120. The summed E-state index contributed by atoms with van der Waals surface area (Å²) in [6, 6.07) is 13.1. The summed E-state index contributed by atoms with van der Waals surface area (Å²) in [5, 5.41) is 2.94. The zero-order chi connectivity index (χ0) is 16.9. The second-order valence-corrected chi connectivity index (χ2v) is 6.08. The van der Waals surface area contributed by atoms with Gasteiger partial charge in [0.05, 0.1) is 5.69 Å². The molecule has 0 heterocycles. The maximum absolute atomic E-state index is 13.3. The van der Waals surface area contributed by atoms with E-state index in [-0.39, 0.29) is 23.6 Å². The molecule has 2 aromatic rings. The van der Waals surface area contributed by atoms with E-state index in [1.165, 1.54) is 12.1 Å². The van der Waals surface area contributed by atoms with E-state index in [9.17, 15) is 9.18 Å². The van der Waals surface area contributed by atoms with Gasteiger partial charge in [-0.2, -0.15) is 0 Å². The Morgan fingerprint density at radius 2 is 2.04 bits per heavy atom. The van der Waals surface area contributed by atoms with Gasteiger partial charge in [0.25, 0.3) is 0 Å². The van der Waals surface area contributed by atoms with Gasteiger partial charge in [0.1, 0.15) is 11.6 Å². The fourth-order valence-electron chi connectivity index (χ4n) is 3.21. The fourth-order valence-corrected chi connectivity index (χ4v) is 3.21. The third-order valence-corrected chi connectivity index (χ3v) is 4.47. The summed E-state index contributed by atoms with van der Waals surface area (Å²) in [6.07, 6.45) is 2.89. The van der Waals surface area contributed by atoms with Crippen LogP contribution in [0, 0.1) is 17.7 Å². The highest BCUT2D eigenvalue weighted by molar-refractivity contribution is 5.94. The quantitative estimate of drug-likeness (QED) is 0.874.